The smallest absolute Gasteiger partial charge is 0.223 e. The Morgan fingerprint density at radius 3 is 2.73 bits per heavy atom. The van der Waals surface area contributed by atoms with Gasteiger partial charge in [0.15, 0.2) is 0 Å². The van der Waals surface area contributed by atoms with Gasteiger partial charge in [-0.15, -0.1) is 0 Å². The lowest BCUT2D eigenvalue weighted by Crippen LogP contribution is -2.14. The molecule has 0 fully saturated rings. The first-order valence-electron chi connectivity index (χ1n) is 9.30. The number of aryl methyl sites for hydroxylation is 2. The summed E-state index contributed by atoms with van der Waals surface area (Å²) in [5, 5.41) is 3.36. The molecule has 3 N–H and O–H groups in total. The third kappa shape index (κ3) is 4.28. The summed E-state index contributed by atoms with van der Waals surface area (Å²) in [4.78, 5) is 19.9. The monoisotopic (exact) mass is 465 g/mol. The van der Waals surface area contributed by atoms with E-state index in [9.17, 15) is 4.79 Å². The number of anilines is 2. The van der Waals surface area contributed by atoms with E-state index in [2.05, 4.69) is 32.3 Å². The predicted octanol–water partition coefficient (Wildman–Crippen LogP) is 4.60. The van der Waals surface area contributed by atoms with Crippen molar-refractivity contribution in [1.82, 2.24) is 14.5 Å². The van der Waals surface area contributed by atoms with Crippen molar-refractivity contribution in [1.29, 1.82) is 0 Å². The number of nitrogens with two attached hydrogens (primary N) is 1. The van der Waals surface area contributed by atoms with Gasteiger partial charge in [0, 0.05) is 35.5 Å². The van der Waals surface area contributed by atoms with Gasteiger partial charge in [0.05, 0.1) is 23.1 Å². The van der Waals surface area contributed by atoms with Gasteiger partial charge >= 0.3 is 0 Å². The van der Waals surface area contributed by atoms with Gasteiger partial charge < -0.3 is 20.4 Å². The highest BCUT2D eigenvalue weighted by Gasteiger charge is 2.11. The maximum Gasteiger partial charge on any atom is 0.223 e. The zero-order chi connectivity index (χ0) is 21.3. The number of hydrogen-bond donors (Lipinski definition) is 2. The van der Waals surface area contributed by atoms with Crippen LogP contribution in [0.4, 0.5) is 11.6 Å². The molecule has 0 saturated heterocycles. The number of rotatable bonds is 6. The van der Waals surface area contributed by atoms with Gasteiger partial charge in [-0.05, 0) is 48.9 Å². The van der Waals surface area contributed by atoms with Crippen LogP contribution in [-0.4, -0.2) is 20.4 Å². The highest BCUT2D eigenvalue weighted by molar-refractivity contribution is 9.10. The van der Waals surface area contributed by atoms with E-state index in [0.717, 1.165) is 32.7 Å². The van der Waals surface area contributed by atoms with Crippen molar-refractivity contribution in [2.75, 3.05) is 5.32 Å². The topological polar surface area (TPSA) is 95.1 Å². The predicted molar refractivity (Wildman–Crippen MR) is 120 cm³/mol. The number of pyridine rings is 1. The molecule has 7 nitrogen and oxygen atoms in total. The fourth-order valence-electron chi connectivity index (χ4n) is 3.14. The highest BCUT2D eigenvalue weighted by atomic mass is 79.9. The standard InChI is InChI=1S/C22H20BrN5O2/c1-13-9-14(3-5-18(13)23)26-22-27-19-12-16(4-6-20(19)28(22)2)30-17-7-8-25-15(10-17)11-21(24)29/h3-10,12H,11H2,1-2H3,(H2,24,29)(H,26,27). The summed E-state index contributed by atoms with van der Waals surface area (Å²) in [6, 6.07) is 15.2. The zero-order valence-corrected chi connectivity index (χ0v) is 18.1. The van der Waals surface area contributed by atoms with Gasteiger partial charge in [0.25, 0.3) is 0 Å². The second kappa shape index (κ2) is 8.16. The second-order valence-corrected chi connectivity index (χ2v) is 7.82. The minimum atomic E-state index is -0.435. The first kappa shape index (κ1) is 19.9. The third-order valence-electron chi connectivity index (χ3n) is 4.65. The molecule has 0 unspecified atom stereocenters. The number of imidazole rings is 1. The summed E-state index contributed by atoms with van der Waals surface area (Å²) in [6.07, 6.45) is 1.66. The zero-order valence-electron chi connectivity index (χ0n) is 16.5. The molecule has 8 heteroatoms. The largest absolute Gasteiger partial charge is 0.457 e. The Morgan fingerprint density at radius 2 is 1.97 bits per heavy atom. The molecule has 2 heterocycles. The van der Waals surface area contributed by atoms with Crippen molar-refractivity contribution >= 4 is 44.5 Å². The lowest BCUT2D eigenvalue weighted by Gasteiger charge is -2.08. The van der Waals surface area contributed by atoms with Crippen LogP contribution < -0.4 is 15.8 Å². The number of aromatic nitrogens is 3. The Balaban J connectivity index is 1.59. The van der Waals surface area contributed by atoms with E-state index in [4.69, 9.17) is 15.5 Å². The molecule has 2 aromatic carbocycles. The van der Waals surface area contributed by atoms with E-state index in [1.54, 1.807) is 18.3 Å². The summed E-state index contributed by atoms with van der Waals surface area (Å²) in [7, 11) is 1.96. The van der Waals surface area contributed by atoms with Crippen LogP contribution in [-0.2, 0) is 18.3 Å². The molecule has 4 aromatic rings. The number of benzene rings is 2. The summed E-state index contributed by atoms with van der Waals surface area (Å²) in [6.45, 7) is 2.04. The molecule has 0 bridgehead atoms. The normalized spacial score (nSPS) is 10.9. The molecule has 152 valence electrons. The summed E-state index contributed by atoms with van der Waals surface area (Å²) >= 11 is 3.52. The summed E-state index contributed by atoms with van der Waals surface area (Å²) < 4.78 is 9.00. The number of fused-ring (bicyclic) bond motifs is 1. The molecule has 0 radical (unpaired) electrons. The number of nitrogens with one attached hydrogen (secondary N) is 1. The van der Waals surface area contributed by atoms with Crippen molar-refractivity contribution < 1.29 is 9.53 Å². The van der Waals surface area contributed by atoms with E-state index in [0.29, 0.717) is 17.2 Å². The number of carbonyl (C=O) groups is 1. The van der Waals surface area contributed by atoms with Crippen molar-refractivity contribution in [3.05, 3.63) is 70.5 Å². The van der Waals surface area contributed by atoms with E-state index >= 15 is 0 Å². The molecule has 0 aliphatic heterocycles. The number of hydrogen-bond acceptors (Lipinski definition) is 5. The van der Waals surface area contributed by atoms with Crippen molar-refractivity contribution in [2.45, 2.75) is 13.3 Å². The Kier molecular flexibility index (Phi) is 5.41. The van der Waals surface area contributed by atoms with Crippen LogP contribution in [0.5, 0.6) is 11.5 Å². The molecule has 1 amide bonds. The van der Waals surface area contributed by atoms with E-state index in [1.807, 2.05) is 48.9 Å². The molecule has 30 heavy (non-hydrogen) atoms. The summed E-state index contributed by atoms with van der Waals surface area (Å²) in [5.74, 6) is 1.52. The molecule has 2 aromatic heterocycles. The molecule has 0 saturated carbocycles. The minimum Gasteiger partial charge on any atom is -0.457 e. The molecule has 0 atom stereocenters. The average Bonchev–Trinajstić information content (AvgIpc) is 2.99. The first-order chi connectivity index (χ1) is 14.4. The number of amides is 1. The van der Waals surface area contributed by atoms with Crippen molar-refractivity contribution in [2.24, 2.45) is 12.8 Å². The van der Waals surface area contributed by atoms with Gasteiger partial charge in [-0.2, -0.15) is 0 Å². The van der Waals surface area contributed by atoms with Gasteiger partial charge in [-0.25, -0.2) is 4.98 Å². The molecule has 4 rings (SSSR count). The summed E-state index contributed by atoms with van der Waals surface area (Å²) in [5.41, 5.74) is 9.68. The Bertz CT molecular complexity index is 1250. The van der Waals surface area contributed by atoms with E-state index in [1.165, 1.54) is 0 Å². The van der Waals surface area contributed by atoms with Crippen LogP contribution in [0.1, 0.15) is 11.3 Å². The number of halogens is 1. The van der Waals surface area contributed by atoms with E-state index in [-0.39, 0.29) is 6.42 Å². The number of primary amides is 1. The average molecular weight is 466 g/mol. The van der Waals surface area contributed by atoms with Crippen LogP contribution in [0.25, 0.3) is 11.0 Å². The molecular formula is C22H20BrN5O2. The van der Waals surface area contributed by atoms with Crippen LogP contribution in [0.3, 0.4) is 0 Å². The first-order valence-corrected chi connectivity index (χ1v) is 10.1. The number of ether oxygens (including phenoxy) is 1. The molecule has 0 aliphatic rings. The van der Waals surface area contributed by atoms with Crippen LogP contribution in [0.15, 0.2) is 59.2 Å². The second-order valence-electron chi connectivity index (χ2n) is 6.96. The lowest BCUT2D eigenvalue weighted by molar-refractivity contribution is -0.117. The van der Waals surface area contributed by atoms with Gasteiger partial charge in [-0.3, -0.25) is 9.78 Å². The number of carbonyl (C=O) groups excluding carboxylic acids is 1. The van der Waals surface area contributed by atoms with Crippen molar-refractivity contribution in [3.8, 4) is 11.5 Å². The SMILES string of the molecule is Cc1cc(Nc2nc3cc(Oc4ccnc(CC(N)=O)c4)ccc3n2C)ccc1Br. The fourth-order valence-corrected chi connectivity index (χ4v) is 3.38. The molecule has 0 aliphatic carbocycles. The van der Waals surface area contributed by atoms with Crippen LogP contribution in [0.2, 0.25) is 0 Å². The Hall–Kier alpha value is -3.39. The Labute approximate surface area is 182 Å². The minimum absolute atomic E-state index is 0.0705. The quantitative estimate of drug-likeness (QED) is 0.433. The van der Waals surface area contributed by atoms with Gasteiger partial charge in [0.1, 0.15) is 11.5 Å². The van der Waals surface area contributed by atoms with Gasteiger partial charge in [-0.1, -0.05) is 15.9 Å². The van der Waals surface area contributed by atoms with Gasteiger partial charge in [0.2, 0.25) is 11.9 Å². The van der Waals surface area contributed by atoms with E-state index < -0.39 is 5.91 Å². The highest BCUT2D eigenvalue weighted by Crippen LogP contribution is 2.29. The number of nitrogens with zero attached hydrogens (tertiary/aromatic N) is 3. The maximum atomic E-state index is 11.1. The third-order valence-corrected chi connectivity index (χ3v) is 5.54. The fraction of sp³-hybridized carbons (Fsp3) is 0.136. The van der Waals surface area contributed by atoms with Crippen LogP contribution in [0, 0.1) is 6.92 Å². The van der Waals surface area contributed by atoms with Crippen LogP contribution >= 0.6 is 15.9 Å². The Morgan fingerprint density at radius 1 is 1.17 bits per heavy atom. The lowest BCUT2D eigenvalue weighted by atomic mass is 10.2. The molecular weight excluding hydrogens is 446 g/mol. The maximum absolute atomic E-state index is 11.1. The molecule has 0 spiro atoms. The van der Waals surface area contributed by atoms with Crippen molar-refractivity contribution in [3.63, 3.8) is 0 Å².